The molecule has 3 aromatic rings. The summed E-state index contributed by atoms with van der Waals surface area (Å²) in [5.74, 6) is -0.842. The van der Waals surface area contributed by atoms with E-state index in [0.29, 0.717) is 31.4 Å². The van der Waals surface area contributed by atoms with E-state index in [2.05, 4.69) is 4.98 Å². The van der Waals surface area contributed by atoms with Gasteiger partial charge in [-0.25, -0.2) is 9.37 Å². The van der Waals surface area contributed by atoms with E-state index in [1.807, 2.05) is 30.3 Å². The summed E-state index contributed by atoms with van der Waals surface area (Å²) >= 11 is 7.79. The second kappa shape index (κ2) is 8.47. The SMILES string of the molecule is CC(=O)N(c1ccccc1)c1nc(/C=C2\SC(=S)N(c3ccc(F)cc3)C2=O)cs1. The Bertz CT molecular complexity index is 1160. The average Bonchev–Trinajstić information content (AvgIpc) is 3.28. The first-order valence-electron chi connectivity index (χ1n) is 8.79. The summed E-state index contributed by atoms with van der Waals surface area (Å²) in [6, 6.07) is 14.8. The lowest BCUT2D eigenvalue weighted by Gasteiger charge is -2.17. The third-order valence-corrected chi connectivity index (χ3v) is 6.33. The number of hydrogen-bond donors (Lipinski definition) is 0. The normalized spacial score (nSPS) is 15.1. The molecule has 0 radical (unpaired) electrons. The quantitative estimate of drug-likeness (QED) is 0.391. The number of para-hydroxylation sites is 1. The highest BCUT2D eigenvalue weighted by atomic mass is 32.2. The molecule has 150 valence electrons. The van der Waals surface area contributed by atoms with Crippen molar-refractivity contribution in [3.63, 3.8) is 0 Å². The maximum Gasteiger partial charge on any atom is 0.270 e. The molecule has 4 rings (SSSR count). The van der Waals surface area contributed by atoms with Crippen LogP contribution in [0.15, 0.2) is 64.9 Å². The number of carbonyl (C=O) groups is 2. The van der Waals surface area contributed by atoms with Crippen LogP contribution in [-0.2, 0) is 9.59 Å². The zero-order valence-electron chi connectivity index (χ0n) is 15.6. The van der Waals surface area contributed by atoms with Gasteiger partial charge in [-0.05, 0) is 42.5 Å². The molecule has 0 bridgehead atoms. The number of benzene rings is 2. The van der Waals surface area contributed by atoms with E-state index < -0.39 is 0 Å². The van der Waals surface area contributed by atoms with Crippen molar-refractivity contribution in [2.45, 2.75) is 6.92 Å². The number of halogens is 1. The van der Waals surface area contributed by atoms with Gasteiger partial charge < -0.3 is 0 Å². The molecule has 5 nitrogen and oxygen atoms in total. The fourth-order valence-corrected chi connectivity index (χ4v) is 4.99. The Morgan fingerprint density at radius 2 is 1.87 bits per heavy atom. The monoisotopic (exact) mass is 455 g/mol. The molecular weight excluding hydrogens is 441 g/mol. The first-order valence-corrected chi connectivity index (χ1v) is 10.9. The maximum atomic E-state index is 13.2. The molecule has 1 fully saturated rings. The van der Waals surface area contributed by atoms with Crippen LogP contribution in [0.2, 0.25) is 0 Å². The van der Waals surface area contributed by atoms with Crippen LogP contribution in [0.4, 0.5) is 20.9 Å². The maximum absolute atomic E-state index is 13.2. The van der Waals surface area contributed by atoms with Crippen LogP contribution in [0.1, 0.15) is 12.6 Å². The Kier molecular flexibility index (Phi) is 5.76. The number of nitrogens with zero attached hydrogens (tertiary/aromatic N) is 3. The van der Waals surface area contributed by atoms with Gasteiger partial charge in [0, 0.05) is 12.3 Å². The number of anilines is 3. The lowest BCUT2D eigenvalue weighted by Crippen LogP contribution is -2.27. The van der Waals surface area contributed by atoms with E-state index in [1.54, 1.807) is 11.5 Å². The number of amides is 2. The Morgan fingerprint density at radius 1 is 1.17 bits per heavy atom. The topological polar surface area (TPSA) is 53.5 Å². The first kappa shape index (κ1) is 20.4. The van der Waals surface area contributed by atoms with Gasteiger partial charge in [0.2, 0.25) is 5.91 Å². The van der Waals surface area contributed by atoms with Gasteiger partial charge in [0.1, 0.15) is 5.82 Å². The van der Waals surface area contributed by atoms with Gasteiger partial charge in [-0.1, -0.05) is 42.2 Å². The fourth-order valence-electron chi connectivity index (χ4n) is 2.86. The molecule has 1 aromatic heterocycles. The van der Waals surface area contributed by atoms with Crippen molar-refractivity contribution in [1.82, 2.24) is 4.98 Å². The number of thiocarbonyl (C=S) groups is 1. The minimum atomic E-state index is -0.386. The number of carbonyl (C=O) groups excluding carboxylic acids is 2. The smallest absolute Gasteiger partial charge is 0.270 e. The highest BCUT2D eigenvalue weighted by Crippen LogP contribution is 2.37. The van der Waals surface area contributed by atoms with E-state index >= 15 is 0 Å². The average molecular weight is 456 g/mol. The van der Waals surface area contributed by atoms with Gasteiger partial charge in [0.15, 0.2) is 9.45 Å². The molecule has 2 heterocycles. The predicted octanol–water partition coefficient (Wildman–Crippen LogP) is 5.37. The van der Waals surface area contributed by atoms with E-state index in [1.165, 1.54) is 52.3 Å². The summed E-state index contributed by atoms with van der Waals surface area (Å²) in [6.45, 7) is 1.47. The molecular formula is C21H14FN3O2S3. The van der Waals surface area contributed by atoms with E-state index in [4.69, 9.17) is 12.2 Å². The fraction of sp³-hybridized carbons (Fsp3) is 0.0476. The minimum absolute atomic E-state index is 0.162. The zero-order valence-corrected chi connectivity index (χ0v) is 18.1. The highest BCUT2D eigenvalue weighted by Gasteiger charge is 2.33. The van der Waals surface area contributed by atoms with Gasteiger partial charge in [0.05, 0.1) is 22.0 Å². The largest absolute Gasteiger partial charge is 0.274 e. The molecule has 1 saturated heterocycles. The van der Waals surface area contributed by atoms with Crippen LogP contribution >= 0.6 is 35.3 Å². The molecule has 1 aliphatic rings. The number of aromatic nitrogens is 1. The lowest BCUT2D eigenvalue weighted by atomic mass is 10.3. The Morgan fingerprint density at radius 3 is 2.53 bits per heavy atom. The van der Waals surface area contributed by atoms with Crippen LogP contribution in [0.3, 0.4) is 0 Å². The lowest BCUT2D eigenvalue weighted by molar-refractivity contribution is -0.116. The van der Waals surface area contributed by atoms with Gasteiger partial charge in [-0.2, -0.15) is 0 Å². The Labute approximate surface area is 185 Å². The molecule has 0 atom stereocenters. The van der Waals surface area contributed by atoms with Crippen LogP contribution in [0.25, 0.3) is 6.08 Å². The molecule has 1 aliphatic heterocycles. The van der Waals surface area contributed by atoms with Crippen LogP contribution in [0.5, 0.6) is 0 Å². The minimum Gasteiger partial charge on any atom is -0.274 e. The van der Waals surface area contributed by atoms with E-state index in [0.717, 1.165) is 11.8 Å². The van der Waals surface area contributed by atoms with Crippen molar-refractivity contribution >= 4 is 74.0 Å². The Balaban J connectivity index is 1.61. The van der Waals surface area contributed by atoms with Crippen LogP contribution in [0, 0.1) is 5.82 Å². The summed E-state index contributed by atoms with van der Waals surface area (Å²) in [4.78, 5) is 32.8. The van der Waals surface area contributed by atoms with Crippen molar-refractivity contribution < 1.29 is 14.0 Å². The molecule has 2 amide bonds. The molecule has 2 aromatic carbocycles. The van der Waals surface area contributed by atoms with Crippen molar-refractivity contribution in [2.24, 2.45) is 0 Å². The summed E-state index contributed by atoms with van der Waals surface area (Å²) in [5.41, 5.74) is 1.78. The standard InChI is InChI=1S/C21H14FN3O2S3/c1-13(26)24(16-5-3-2-4-6-16)20-23-15(12-29-20)11-18-19(27)25(21(28)30-18)17-9-7-14(22)8-10-17/h2-12H,1H3/b18-11-. The molecule has 0 unspecified atom stereocenters. The molecule has 9 heteroatoms. The van der Waals surface area contributed by atoms with Gasteiger partial charge in [-0.15, -0.1) is 11.3 Å². The number of hydrogen-bond acceptors (Lipinski definition) is 6. The molecule has 0 N–H and O–H groups in total. The number of rotatable bonds is 4. The van der Waals surface area contributed by atoms with Crippen molar-refractivity contribution in [3.8, 4) is 0 Å². The third-order valence-electron chi connectivity index (χ3n) is 4.19. The van der Waals surface area contributed by atoms with Crippen molar-refractivity contribution in [2.75, 3.05) is 9.80 Å². The first-order chi connectivity index (χ1) is 14.4. The molecule has 30 heavy (non-hydrogen) atoms. The van der Waals surface area contributed by atoms with Crippen molar-refractivity contribution in [1.29, 1.82) is 0 Å². The zero-order chi connectivity index (χ0) is 21.3. The summed E-state index contributed by atoms with van der Waals surface area (Å²) < 4.78 is 13.6. The van der Waals surface area contributed by atoms with Crippen LogP contribution in [-0.4, -0.2) is 21.1 Å². The number of thiazole rings is 1. The van der Waals surface area contributed by atoms with E-state index in [9.17, 15) is 14.0 Å². The van der Waals surface area contributed by atoms with Gasteiger partial charge >= 0.3 is 0 Å². The summed E-state index contributed by atoms with van der Waals surface area (Å²) in [6.07, 6.45) is 1.64. The second-order valence-electron chi connectivity index (χ2n) is 6.24. The Hall–Kier alpha value is -2.88. The van der Waals surface area contributed by atoms with Crippen LogP contribution < -0.4 is 9.80 Å². The number of thioether (sulfide) groups is 1. The molecule has 0 aliphatic carbocycles. The van der Waals surface area contributed by atoms with Gasteiger partial charge in [-0.3, -0.25) is 19.4 Å². The predicted molar refractivity (Wildman–Crippen MR) is 123 cm³/mol. The molecule has 0 saturated carbocycles. The molecule has 0 spiro atoms. The van der Waals surface area contributed by atoms with E-state index in [-0.39, 0.29) is 17.6 Å². The summed E-state index contributed by atoms with van der Waals surface area (Å²) in [7, 11) is 0. The third kappa shape index (κ3) is 4.04. The second-order valence-corrected chi connectivity index (χ2v) is 8.75. The van der Waals surface area contributed by atoms with Gasteiger partial charge in [0.25, 0.3) is 5.91 Å². The summed E-state index contributed by atoms with van der Waals surface area (Å²) in [5, 5.41) is 2.28. The van der Waals surface area contributed by atoms with Crippen molar-refractivity contribution in [3.05, 3.63) is 76.4 Å². The highest BCUT2D eigenvalue weighted by molar-refractivity contribution is 8.27.